The number of hydrogen-bond acceptors (Lipinski definition) is 4. The molecule has 9 heteroatoms. The Morgan fingerprint density at radius 1 is 1.07 bits per heavy atom. The number of para-hydroxylation sites is 2. The summed E-state index contributed by atoms with van der Waals surface area (Å²) in [6.07, 6.45) is 1.38. The van der Waals surface area contributed by atoms with Gasteiger partial charge in [-0.15, -0.1) is 5.10 Å². The molecule has 1 heterocycles. The van der Waals surface area contributed by atoms with Gasteiger partial charge in [0.1, 0.15) is 6.54 Å². The van der Waals surface area contributed by atoms with Gasteiger partial charge in [-0.1, -0.05) is 47.5 Å². The molecule has 7 nitrogen and oxygen atoms in total. The zero-order valence-corrected chi connectivity index (χ0v) is 16.5. The van der Waals surface area contributed by atoms with Gasteiger partial charge in [0.2, 0.25) is 5.91 Å². The lowest BCUT2D eigenvalue weighted by atomic mass is 10.3. The summed E-state index contributed by atoms with van der Waals surface area (Å²) in [5.74, 6) is -0.814. The predicted octanol–water partition coefficient (Wildman–Crippen LogP) is 3.67. The quantitative estimate of drug-likeness (QED) is 0.663. The number of hydrogen-bond donors (Lipinski definition) is 1. The Kier molecular flexibility index (Phi) is 6.28. The van der Waals surface area contributed by atoms with Crippen LogP contribution in [-0.4, -0.2) is 44.8 Å². The smallest absolute Gasteiger partial charge is 0.276 e. The molecular weight excluding hydrogens is 401 g/mol. The lowest BCUT2D eigenvalue weighted by Gasteiger charge is -2.19. The number of aromatic nitrogens is 3. The summed E-state index contributed by atoms with van der Waals surface area (Å²) in [5, 5.41) is 11.6. The molecule has 1 N–H and O–H groups in total. The van der Waals surface area contributed by atoms with E-state index in [2.05, 4.69) is 15.5 Å². The van der Waals surface area contributed by atoms with Gasteiger partial charge in [-0.05, 0) is 31.2 Å². The van der Waals surface area contributed by atoms with Gasteiger partial charge >= 0.3 is 0 Å². The highest BCUT2D eigenvalue weighted by molar-refractivity contribution is 6.39. The Balaban J connectivity index is 1.70. The molecule has 3 rings (SSSR count). The van der Waals surface area contributed by atoms with Crippen LogP contribution in [0, 0.1) is 0 Å². The third-order valence-corrected chi connectivity index (χ3v) is 4.56. The zero-order valence-electron chi connectivity index (χ0n) is 15.0. The van der Waals surface area contributed by atoms with Crippen molar-refractivity contribution in [1.29, 1.82) is 0 Å². The minimum atomic E-state index is -0.416. The lowest BCUT2D eigenvalue weighted by Crippen LogP contribution is -2.38. The molecule has 144 valence electrons. The van der Waals surface area contributed by atoms with Gasteiger partial charge in [-0.3, -0.25) is 9.59 Å². The molecule has 0 bridgehead atoms. The summed E-state index contributed by atoms with van der Waals surface area (Å²) < 4.78 is 0. The number of nitrogens with one attached hydrogen (secondary N) is 1. The first-order valence-corrected chi connectivity index (χ1v) is 9.26. The van der Waals surface area contributed by atoms with Crippen LogP contribution in [0.3, 0.4) is 0 Å². The van der Waals surface area contributed by atoms with Crippen molar-refractivity contribution in [2.45, 2.75) is 6.92 Å². The maximum atomic E-state index is 12.7. The second kappa shape index (κ2) is 8.86. The van der Waals surface area contributed by atoms with Crippen LogP contribution < -0.4 is 5.32 Å². The summed E-state index contributed by atoms with van der Waals surface area (Å²) in [7, 11) is 0. The molecule has 2 aromatic carbocycles. The molecule has 0 aliphatic carbocycles. The normalized spacial score (nSPS) is 10.5. The average molecular weight is 418 g/mol. The van der Waals surface area contributed by atoms with E-state index in [1.165, 1.54) is 15.9 Å². The van der Waals surface area contributed by atoms with Gasteiger partial charge in [0.15, 0.2) is 5.69 Å². The maximum Gasteiger partial charge on any atom is 0.276 e. The predicted molar refractivity (Wildman–Crippen MR) is 108 cm³/mol. The van der Waals surface area contributed by atoms with Crippen LogP contribution in [0.5, 0.6) is 0 Å². The third kappa shape index (κ3) is 4.49. The molecule has 0 aliphatic rings. The Labute approximate surface area is 171 Å². The topological polar surface area (TPSA) is 80.1 Å². The molecule has 28 heavy (non-hydrogen) atoms. The average Bonchev–Trinajstić information content (AvgIpc) is 3.19. The van der Waals surface area contributed by atoms with Crippen molar-refractivity contribution in [1.82, 2.24) is 19.9 Å². The van der Waals surface area contributed by atoms with E-state index < -0.39 is 11.8 Å². The fourth-order valence-electron chi connectivity index (χ4n) is 2.51. The Hall–Kier alpha value is -2.90. The molecule has 0 saturated carbocycles. The zero-order chi connectivity index (χ0) is 20.1. The van der Waals surface area contributed by atoms with Crippen LogP contribution in [0.15, 0.2) is 54.7 Å². The number of anilines is 1. The molecule has 0 saturated heterocycles. The van der Waals surface area contributed by atoms with Gasteiger partial charge in [0.05, 0.1) is 27.6 Å². The molecule has 0 spiro atoms. The second-order valence-electron chi connectivity index (χ2n) is 5.82. The molecule has 0 radical (unpaired) electrons. The number of carbonyl (C=O) groups excluding carboxylic acids is 2. The van der Waals surface area contributed by atoms with Crippen LogP contribution in [0.2, 0.25) is 10.0 Å². The third-order valence-electron chi connectivity index (χ3n) is 3.93. The summed E-state index contributed by atoms with van der Waals surface area (Å²) in [5.41, 5.74) is 1.19. The number of nitrogens with zero attached hydrogens (tertiary/aromatic N) is 4. The van der Waals surface area contributed by atoms with Gasteiger partial charge in [0.25, 0.3) is 5.91 Å². The standard InChI is InChI=1S/C19H17Cl2N5O2/c1-2-25(12-17(27)23-18-14(20)9-6-10-15(18)21)19(28)16-11-22-26(24-16)13-7-4-3-5-8-13/h3-11H,2,12H2,1H3,(H,23,27). The maximum absolute atomic E-state index is 12.7. The summed E-state index contributed by atoms with van der Waals surface area (Å²) in [6.45, 7) is 1.92. The number of likely N-dealkylation sites (N-methyl/N-ethyl adjacent to an activating group) is 1. The van der Waals surface area contributed by atoms with E-state index in [9.17, 15) is 9.59 Å². The minimum Gasteiger partial charge on any atom is -0.328 e. The first kappa shape index (κ1) is 19.9. The highest BCUT2D eigenvalue weighted by atomic mass is 35.5. The van der Waals surface area contributed by atoms with Gasteiger partial charge in [-0.25, -0.2) is 0 Å². The first-order chi connectivity index (χ1) is 13.5. The van der Waals surface area contributed by atoms with Crippen molar-refractivity contribution in [2.24, 2.45) is 0 Å². The van der Waals surface area contributed by atoms with Crippen molar-refractivity contribution in [3.63, 3.8) is 0 Å². The Bertz CT molecular complexity index is 971. The van der Waals surface area contributed by atoms with Crippen LogP contribution >= 0.6 is 23.2 Å². The molecular formula is C19H17Cl2N5O2. The highest BCUT2D eigenvalue weighted by Crippen LogP contribution is 2.29. The summed E-state index contributed by atoms with van der Waals surface area (Å²) in [6, 6.07) is 14.1. The van der Waals surface area contributed by atoms with Crippen LogP contribution in [-0.2, 0) is 4.79 Å². The molecule has 0 fully saturated rings. The van der Waals surface area contributed by atoms with E-state index in [1.807, 2.05) is 30.3 Å². The molecule has 0 aliphatic heterocycles. The van der Waals surface area contributed by atoms with Crippen molar-refractivity contribution in [3.8, 4) is 5.69 Å². The molecule has 0 unspecified atom stereocenters. The monoisotopic (exact) mass is 417 g/mol. The molecule has 1 aromatic heterocycles. The number of rotatable bonds is 6. The number of amides is 2. The first-order valence-electron chi connectivity index (χ1n) is 8.50. The van der Waals surface area contributed by atoms with Crippen LogP contribution in [0.4, 0.5) is 5.69 Å². The largest absolute Gasteiger partial charge is 0.328 e. The number of benzene rings is 2. The number of carbonyl (C=O) groups is 2. The Morgan fingerprint density at radius 2 is 1.75 bits per heavy atom. The van der Waals surface area contributed by atoms with Crippen molar-refractivity contribution in [2.75, 3.05) is 18.4 Å². The molecule has 3 aromatic rings. The minimum absolute atomic E-state index is 0.147. The van der Waals surface area contributed by atoms with Crippen LogP contribution in [0.25, 0.3) is 5.69 Å². The van der Waals surface area contributed by atoms with Crippen LogP contribution in [0.1, 0.15) is 17.4 Å². The van der Waals surface area contributed by atoms with Crippen molar-refractivity contribution in [3.05, 3.63) is 70.5 Å². The second-order valence-corrected chi connectivity index (χ2v) is 6.63. The van der Waals surface area contributed by atoms with E-state index in [0.717, 1.165) is 5.69 Å². The summed E-state index contributed by atoms with van der Waals surface area (Å²) in [4.78, 5) is 27.8. The molecule has 0 atom stereocenters. The van der Waals surface area contributed by atoms with E-state index in [0.29, 0.717) is 22.3 Å². The fourth-order valence-corrected chi connectivity index (χ4v) is 3.00. The van der Waals surface area contributed by atoms with E-state index in [-0.39, 0.29) is 12.2 Å². The molecule has 2 amide bonds. The van der Waals surface area contributed by atoms with Gasteiger partial charge in [-0.2, -0.15) is 9.90 Å². The van der Waals surface area contributed by atoms with Gasteiger partial charge in [0, 0.05) is 6.54 Å². The van der Waals surface area contributed by atoms with E-state index in [1.54, 1.807) is 25.1 Å². The summed E-state index contributed by atoms with van der Waals surface area (Å²) >= 11 is 12.1. The Morgan fingerprint density at radius 3 is 2.39 bits per heavy atom. The van der Waals surface area contributed by atoms with Crippen molar-refractivity contribution >= 4 is 40.7 Å². The van der Waals surface area contributed by atoms with Gasteiger partial charge < -0.3 is 10.2 Å². The van der Waals surface area contributed by atoms with E-state index >= 15 is 0 Å². The lowest BCUT2D eigenvalue weighted by molar-refractivity contribution is -0.116. The fraction of sp³-hybridized carbons (Fsp3) is 0.158. The SMILES string of the molecule is CCN(CC(=O)Nc1c(Cl)cccc1Cl)C(=O)c1cnn(-c2ccccc2)n1. The highest BCUT2D eigenvalue weighted by Gasteiger charge is 2.21. The number of halogens is 2. The van der Waals surface area contributed by atoms with Crippen molar-refractivity contribution < 1.29 is 9.59 Å². The van der Waals surface area contributed by atoms with E-state index in [4.69, 9.17) is 23.2 Å².